The number of nitrogens with one attached hydrogen (secondary N) is 1. The van der Waals surface area contributed by atoms with Crippen molar-refractivity contribution >= 4 is 11.8 Å². The molecule has 2 aromatic heterocycles. The van der Waals surface area contributed by atoms with Gasteiger partial charge in [0.05, 0.1) is 36.9 Å². The van der Waals surface area contributed by atoms with Crippen molar-refractivity contribution in [3.05, 3.63) is 95.2 Å². The lowest BCUT2D eigenvalue weighted by molar-refractivity contribution is -0.265. The maximum Gasteiger partial charge on any atom is 0.424 e. The lowest BCUT2D eigenvalue weighted by Crippen LogP contribution is -2.51. The van der Waals surface area contributed by atoms with E-state index < -0.39 is 59.8 Å². The highest BCUT2D eigenvalue weighted by molar-refractivity contribution is 5.96. The number of nitrogens with zero attached hydrogens (tertiary/aromatic N) is 2. The molecule has 0 radical (unpaired) electrons. The molecule has 0 spiro atoms. The SMILES string of the molecule is CCOc1c(CC(N)=O)cc([C@@](O)(CNC(=O)c2ccc(OC3CC3)c(-c3ccncc3C(F)(F)F)c2)C(F)(F)F)nc1-c1ccc(F)cc1. The van der Waals surface area contributed by atoms with Gasteiger partial charge in [-0.25, -0.2) is 9.37 Å². The highest BCUT2D eigenvalue weighted by Crippen LogP contribution is 2.44. The molecule has 4 aromatic rings. The van der Waals surface area contributed by atoms with Crippen molar-refractivity contribution in [3.63, 3.8) is 0 Å². The molecule has 5 rings (SSSR count). The lowest BCUT2D eigenvalue weighted by atomic mass is 9.93. The number of hydrogen-bond donors (Lipinski definition) is 3. The Hall–Kier alpha value is -5.25. The molecule has 0 saturated heterocycles. The molecule has 1 fully saturated rings. The van der Waals surface area contributed by atoms with E-state index >= 15 is 0 Å². The number of primary amides is 1. The monoisotopic (exact) mass is 706 g/mol. The second-order valence-corrected chi connectivity index (χ2v) is 11.4. The normalized spacial score (nSPS) is 14.5. The lowest BCUT2D eigenvalue weighted by Gasteiger charge is -2.31. The Morgan fingerprint density at radius 3 is 2.30 bits per heavy atom. The Kier molecular flexibility index (Phi) is 10.0. The molecular formula is C34H29F7N4O5. The largest absolute Gasteiger partial charge is 0.491 e. The first-order valence-corrected chi connectivity index (χ1v) is 15.1. The van der Waals surface area contributed by atoms with Gasteiger partial charge in [0.15, 0.2) is 0 Å². The van der Waals surface area contributed by atoms with Crippen LogP contribution in [0.5, 0.6) is 11.5 Å². The second-order valence-electron chi connectivity index (χ2n) is 11.4. The fraction of sp³-hybridized carbons (Fsp3) is 0.294. The second kappa shape index (κ2) is 13.9. The summed E-state index contributed by atoms with van der Waals surface area (Å²) in [6, 6.07) is 9.71. The fourth-order valence-electron chi connectivity index (χ4n) is 5.08. The minimum absolute atomic E-state index is 0.0152. The molecule has 1 saturated carbocycles. The number of carbonyl (C=O) groups is 2. The zero-order chi connectivity index (χ0) is 36.4. The van der Waals surface area contributed by atoms with Crippen molar-refractivity contribution in [1.29, 1.82) is 0 Å². The predicted molar refractivity (Wildman–Crippen MR) is 164 cm³/mol. The fourth-order valence-corrected chi connectivity index (χ4v) is 5.08. The van der Waals surface area contributed by atoms with E-state index in [1.54, 1.807) is 6.92 Å². The molecule has 0 bridgehead atoms. The Bertz CT molecular complexity index is 1900. The molecule has 264 valence electrons. The minimum Gasteiger partial charge on any atom is -0.491 e. The molecule has 4 N–H and O–H groups in total. The summed E-state index contributed by atoms with van der Waals surface area (Å²) < 4.78 is 111. The first kappa shape index (κ1) is 36.0. The van der Waals surface area contributed by atoms with Gasteiger partial charge in [0, 0.05) is 40.2 Å². The number of benzene rings is 2. The van der Waals surface area contributed by atoms with Crippen molar-refractivity contribution in [1.82, 2.24) is 15.3 Å². The number of rotatable bonds is 12. The summed E-state index contributed by atoms with van der Waals surface area (Å²) in [6.45, 7) is 0.0253. The first-order valence-electron chi connectivity index (χ1n) is 15.1. The molecule has 1 atom stereocenters. The van der Waals surface area contributed by atoms with E-state index in [-0.39, 0.29) is 57.7 Å². The van der Waals surface area contributed by atoms with Gasteiger partial charge < -0.3 is 25.6 Å². The van der Waals surface area contributed by atoms with E-state index in [9.17, 15) is 45.4 Å². The third-order valence-corrected chi connectivity index (χ3v) is 7.69. The number of amides is 2. The Balaban J connectivity index is 1.55. The topological polar surface area (TPSA) is 137 Å². The van der Waals surface area contributed by atoms with Crippen molar-refractivity contribution < 1.29 is 54.9 Å². The average Bonchev–Trinajstić information content (AvgIpc) is 3.88. The summed E-state index contributed by atoms with van der Waals surface area (Å²) in [6.07, 6.45) is -8.20. The van der Waals surface area contributed by atoms with E-state index in [0.717, 1.165) is 42.6 Å². The van der Waals surface area contributed by atoms with Crippen LogP contribution in [-0.2, 0) is 23.0 Å². The molecule has 2 amide bonds. The minimum atomic E-state index is -5.49. The van der Waals surface area contributed by atoms with E-state index in [0.29, 0.717) is 19.0 Å². The zero-order valence-corrected chi connectivity index (χ0v) is 26.2. The molecule has 0 unspecified atom stereocenters. The van der Waals surface area contributed by atoms with Crippen molar-refractivity contribution in [2.24, 2.45) is 5.73 Å². The summed E-state index contributed by atoms with van der Waals surface area (Å²) in [5.74, 6) is -2.92. The van der Waals surface area contributed by atoms with Crippen molar-refractivity contribution in [2.45, 2.75) is 50.2 Å². The smallest absolute Gasteiger partial charge is 0.424 e. The van der Waals surface area contributed by atoms with Gasteiger partial charge in [-0.15, -0.1) is 0 Å². The average molecular weight is 707 g/mol. The summed E-state index contributed by atoms with van der Waals surface area (Å²) in [5.41, 5.74) is -1.97. The highest BCUT2D eigenvalue weighted by Gasteiger charge is 2.57. The summed E-state index contributed by atoms with van der Waals surface area (Å²) in [4.78, 5) is 32.8. The number of halogens is 7. The molecule has 2 heterocycles. The van der Waals surface area contributed by atoms with Crippen LogP contribution in [0, 0.1) is 5.82 Å². The zero-order valence-electron chi connectivity index (χ0n) is 26.2. The van der Waals surface area contributed by atoms with Crippen LogP contribution in [0.2, 0.25) is 0 Å². The maximum absolute atomic E-state index is 14.8. The van der Waals surface area contributed by atoms with E-state index in [4.69, 9.17) is 15.2 Å². The quantitative estimate of drug-likeness (QED) is 0.151. The number of hydrogen-bond acceptors (Lipinski definition) is 7. The Morgan fingerprint density at radius 1 is 1.00 bits per heavy atom. The van der Waals surface area contributed by atoms with E-state index in [2.05, 4.69) is 9.97 Å². The van der Waals surface area contributed by atoms with Crippen LogP contribution in [0.15, 0.2) is 67.0 Å². The van der Waals surface area contributed by atoms with Crippen molar-refractivity contribution in [2.75, 3.05) is 13.2 Å². The number of aliphatic hydroxyl groups is 1. The van der Waals surface area contributed by atoms with Crippen LogP contribution >= 0.6 is 0 Å². The van der Waals surface area contributed by atoms with Crippen LogP contribution in [0.4, 0.5) is 30.7 Å². The van der Waals surface area contributed by atoms with Gasteiger partial charge in [-0.05, 0) is 74.4 Å². The standard InChI is InChI=1S/C34H29F7N4O5/c1-2-49-30-20(15-28(42)46)14-27(45-29(30)18-3-6-21(35)7-4-18)32(48,34(39,40)41)17-44-31(47)19-5-10-26(50-22-8-9-22)24(13-19)23-11-12-43-16-25(23)33(36,37)38/h3-7,10-14,16,22,48H,2,8-9,15,17H2,1H3,(H2,42,46)(H,44,47)/t32-/m0/s1. The highest BCUT2D eigenvalue weighted by atomic mass is 19.4. The molecule has 0 aliphatic heterocycles. The number of alkyl halides is 6. The number of nitrogens with two attached hydrogens (primary N) is 1. The third kappa shape index (κ3) is 7.80. The van der Waals surface area contributed by atoms with Gasteiger partial charge >= 0.3 is 12.4 Å². The third-order valence-electron chi connectivity index (χ3n) is 7.69. The number of ether oxygens (including phenoxy) is 2. The van der Waals surface area contributed by atoms with Crippen LogP contribution in [0.1, 0.15) is 46.9 Å². The molecule has 2 aromatic carbocycles. The number of carbonyl (C=O) groups excluding carboxylic acids is 2. The van der Waals surface area contributed by atoms with E-state index in [1.807, 2.05) is 5.32 Å². The predicted octanol–water partition coefficient (Wildman–Crippen LogP) is 6.12. The van der Waals surface area contributed by atoms with E-state index in [1.165, 1.54) is 18.2 Å². The van der Waals surface area contributed by atoms with Gasteiger partial charge in [-0.1, -0.05) is 0 Å². The Labute approximate surface area is 280 Å². The number of pyridine rings is 2. The van der Waals surface area contributed by atoms with Gasteiger partial charge in [0.1, 0.15) is 23.0 Å². The van der Waals surface area contributed by atoms with Crippen LogP contribution < -0.4 is 20.5 Å². The first-order chi connectivity index (χ1) is 23.5. The van der Waals surface area contributed by atoms with Gasteiger partial charge in [0.25, 0.3) is 5.91 Å². The number of aromatic nitrogens is 2. The van der Waals surface area contributed by atoms with Crippen LogP contribution in [0.3, 0.4) is 0 Å². The summed E-state index contributed by atoms with van der Waals surface area (Å²) in [7, 11) is 0. The van der Waals surface area contributed by atoms with Crippen LogP contribution in [0.25, 0.3) is 22.4 Å². The van der Waals surface area contributed by atoms with Gasteiger partial charge in [0.2, 0.25) is 11.5 Å². The Morgan fingerprint density at radius 2 is 1.70 bits per heavy atom. The molecule has 1 aliphatic rings. The summed E-state index contributed by atoms with van der Waals surface area (Å²) in [5, 5.41) is 13.3. The van der Waals surface area contributed by atoms with Crippen molar-refractivity contribution in [3.8, 4) is 33.9 Å². The van der Waals surface area contributed by atoms with Gasteiger partial charge in [-0.3, -0.25) is 14.6 Å². The molecule has 50 heavy (non-hydrogen) atoms. The van der Waals surface area contributed by atoms with Gasteiger partial charge in [-0.2, -0.15) is 26.3 Å². The molecular weight excluding hydrogens is 677 g/mol. The molecule has 16 heteroatoms. The molecule has 9 nitrogen and oxygen atoms in total. The maximum atomic E-state index is 14.8. The molecule has 1 aliphatic carbocycles. The van der Waals surface area contributed by atoms with Crippen LogP contribution in [-0.4, -0.2) is 52.3 Å². The summed E-state index contributed by atoms with van der Waals surface area (Å²) >= 11 is 0.